The zero-order chi connectivity index (χ0) is 13.7. The smallest absolute Gasteiger partial charge is 0.328 e. The fourth-order valence-corrected chi connectivity index (χ4v) is 1.31. The van der Waals surface area contributed by atoms with Crippen molar-refractivity contribution in [3.05, 3.63) is 18.2 Å². The first-order valence-electron chi connectivity index (χ1n) is 5.33. The van der Waals surface area contributed by atoms with Crippen molar-refractivity contribution in [1.82, 2.24) is 20.2 Å². The van der Waals surface area contributed by atoms with E-state index < -0.39 is 24.1 Å². The molecule has 0 fully saturated rings. The first-order valence-corrected chi connectivity index (χ1v) is 5.33. The molecule has 0 radical (unpaired) electrons. The maximum atomic E-state index is 11.4. The molecule has 8 heteroatoms. The molecule has 0 bridgehead atoms. The number of aliphatic carboxylic acids is 1. The minimum atomic E-state index is -1.34. The molecule has 1 aromatic rings. The van der Waals surface area contributed by atoms with Gasteiger partial charge >= 0.3 is 12.0 Å². The molecule has 8 nitrogen and oxygen atoms in total. The van der Waals surface area contributed by atoms with Crippen LogP contribution in [0.4, 0.5) is 4.79 Å². The van der Waals surface area contributed by atoms with Crippen LogP contribution >= 0.6 is 0 Å². The molecule has 2 unspecified atom stereocenters. The number of aryl methyl sites for hydroxylation is 1. The van der Waals surface area contributed by atoms with E-state index in [9.17, 15) is 14.7 Å². The highest BCUT2D eigenvalue weighted by molar-refractivity contribution is 5.82. The Morgan fingerprint density at radius 1 is 1.56 bits per heavy atom. The van der Waals surface area contributed by atoms with E-state index in [1.165, 1.54) is 6.92 Å². The van der Waals surface area contributed by atoms with Gasteiger partial charge in [0.15, 0.2) is 6.04 Å². The molecular formula is C10H16N4O4. The first-order chi connectivity index (χ1) is 8.41. The molecular weight excluding hydrogens is 240 g/mol. The van der Waals surface area contributed by atoms with Gasteiger partial charge in [-0.1, -0.05) is 0 Å². The summed E-state index contributed by atoms with van der Waals surface area (Å²) in [5.74, 6) is -0.661. The van der Waals surface area contributed by atoms with Crippen LogP contribution in [0.25, 0.3) is 0 Å². The number of urea groups is 1. The Bertz CT molecular complexity index is 429. The summed E-state index contributed by atoms with van der Waals surface area (Å²) in [7, 11) is 1.78. The minimum Gasteiger partial charge on any atom is -0.480 e. The maximum Gasteiger partial charge on any atom is 0.328 e. The molecule has 0 saturated heterocycles. The lowest BCUT2D eigenvalue weighted by Crippen LogP contribution is -2.51. The van der Waals surface area contributed by atoms with Gasteiger partial charge in [0.05, 0.1) is 12.6 Å². The van der Waals surface area contributed by atoms with Gasteiger partial charge in [-0.2, -0.15) is 0 Å². The zero-order valence-electron chi connectivity index (χ0n) is 10.1. The Hall–Kier alpha value is -2.09. The molecule has 1 aromatic heterocycles. The predicted octanol–water partition coefficient (Wildman–Crippen LogP) is -0.947. The Morgan fingerprint density at radius 3 is 2.67 bits per heavy atom. The number of rotatable bonds is 5. The summed E-state index contributed by atoms with van der Waals surface area (Å²) in [5, 5.41) is 22.6. The van der Waals surface area contributed by atoms with Gasteiger partial charge in [-0.3, -0.25) is 0 Å². The summed E-state index contributed by atoms with van der Waals surface area (Å²) in [4.78, 5) is 26.2. The second-order valence-electron chi connectivity index (χ2n) is 3.84. The molecule has 0 aromatic carbocycles. The monoisotopic (exact) mass is 256 g/mol. The summed E-state index contributed by atoms with van der Waals surface area (Å²) in [6, 6.07) is -2.02. The molecule has 0 aliphatic heterocycles. The SMILES string of the molecule is CC(O)C(NC(=O)NCc1nccn1C)C(=O)O. The number of hydrogen-bond donors (Lipinski definition) is 4. The molecule has 1 heterocycles. The average molecular weight is 256 g/mol. The van der Waals surface area contributed by atoms with Crippen LogP contribution in [0.15, 0.2) is 12.4 Å². The van der Waals surface area contributed by atoms with Gasteiger partial charge in [-0.05, 0) is 6.92 Å². The van der Waals surface area contributed by atoms with Crippen LogP contribution in [0.2, 0.25) is 0 Å². The second kappa shape index (κ2) is 6.01. The van der Waals surface area contributed by atoms with E-state index in [1.807, 2.05) is 0 Å². The van der Waals surface area contributed by atoms with Crippen molar-refractivity contribution in [2.24, 2.45) is 7.05 Å². The van der Waals surface area contributed by atoms with Crippen molar-refractivity contribution in [3.8, 4) is 0 Å². The number of carboxylic acid groups (broad SMARTS) is 1. The number of hydrogen-bond acceptors (Lipinski definition) is 4. The number of nitrogens with zero attached hydrogens (tertiary/aromatic N) is 2. The highest BCUT2D eigenvalue weighted by Gasteiger charge is 2.24. The highest BCUT2D eigenvalue weighted by Crippen LogP contribution is 1.95. The average Bonchev–Trinajstić information content (AvgIpc) is 2.68. The van der Waals surface area contributed by atoms with Gasteiger partial charge in [-0.15, -0.1) is 0 Å². The van der Waals surface area contributed by atoms with Crippen molar-refractivity contribution >= 4 is 12.0 Å². The quantitative estimate of drug-likeness (QED) is 0.542. The van der Waals surface area contributed by atoms with E-state index in [-0.39, 0.29) is 6.54 Å². The normalized spacial score (nSPS) is 13.7. The van der Waals surface area contributed by atoms with Crippen LogP contribution in [0.1, 0.15) is 12.7 Å². The van der Waals surface area contributed by atoms with E-state index in [0.29, 0.717) is 5.82 Å². The van der Waals surface area contributed by atoms with Crippen LogP contribution < -0.4 is 10.6 Å². The molecule has 2 atom stereocenters. The van der Waals surface area contributed by atoms with Gasteiger partial charge < -0.3 is 25.4 Å². The number of aliphatic hydroxyl groups is 1. The number of amides is 2. The maximum absolute atomic E-state index is 11.4. The predicted molar refractivity (Wildman–Crippen MR) is 61.7 cm³/mol. The van der Waals surface area contributed by atoms with Gasteiger partial charge in [0.2, 0.25) is 0 Å². The van der Waals surface area contributed by atoms with Crippen molar-refractivity contribution in [3.63, 3.8) is 0 Å². The van der Waals surface area contributed by atoms with Crippen molar-refractivity contribution in [2.75, 3.05) is 0 Å². The van der Waals surface area contributed by atoms with Crippen molar-refractivity contribution < 1.29 is 19.8 Å². The number of aliphatic hydroxyl groups excluding tert-OH is 1. The summed E-state index contributed by atoms with van der Waals surface area (Å²) in [6.07, 6.45) is 2.14. The van der Waals surface area contributed by atoms with Crippen LogP contribution in [-0.4, -0.2) is 43.9 Å². The summed E-state index contributed by atoms with van der Waals surface area (Å²) in [5.41, 5.74) is 0. The Morgan fingerprint density at radius 2 is 2.22 bits per heavy atom. The number of carbonyl (C=O) groups is 2. The molecule has 4 N–H and O–H groups in total. The highest BCUT2D eigenvalue weighted by atomic mass is 16.4. The van der Waals surface area contributed by atoms with Crippen LogP contribution in [0, 0.1) is 0 Å². The lowest BCUT2D eigenvalue weighted by atomic mass is 10.2. The molecule has 0 saturated carbocycles. The Kier molecular flexibility index (Phi) is 4.67. The van der Waals surface area contributed by atoms with Gasteiger partial charge in [-0.25, -0.2) is 14.6 Å². The Balaban J connectivity index is 2.46. The minimum absolute atomic E-state index is 0.168. The standard InChI is InChI=1S/C10H16N4O4/c1-6(15)8(9(16)17)13-10(18)12-5-7-11-3-4-14(7)2/h3-4,6,8,15H,5H2,1-2H3,(H,16,17)(H2,12,13,18). The number of nitrogens with one attached hydrogen (secondary N) is 2. The van der Waals surface area contributed by atoms with Gasteiger partial charge in [0.25, 0.3) is 0 Å². The van der Waals surface area contributed by atoms with Crippen LogP contribution in [0.3, 0.4) is 0 Å². The fraction of sp³-hybridized carbons (Fsp3) is 0.500. The number of imidazole rings is 1. The molecule has 100 valence electrons. The van der Waals surface area contributed by atoms with Crippen molar-refractivity contribution in [1.29, 1.82) is 0 Å². The molecule has 0 aliphatic carbocycles. The third kappa shape index (κ3) is 3.74. The molecule has 18 heavy (non-hydrogen) atoms. The number of carboxylic acids is 1. The largest absolute Gasteiger partial charge is 0.480 e. The lowest BCUT2D eigenvalue weighted by molar-refractivity contribution is -0.141. The second-order valence-corrected chi connectivity index (χ2v) is 3.84. The van der Waals surface area contributed by atoms with Crippen LogP contribution in [0.5, 0.6) is 0 Å². The van der Waals surface area contributed by atoms with E-state index in [4.69, 9.17) is 5.11 Å². The van der Waals surface area contributed by atoms with Gasteiger partial charge in [0.1, 0.15) is 5.82 Å². The third-order valence-electron chi connectivity index (χ3n) is 2.36. The summed E-state index contributed by atoms with van der Waals surface area (Å²) in [6.45, 7) is 1.46. The summed E-state index contributed by atoms with van der Waals surface area (Å²) < 4.78 is 1.73. The molecule has 0 spiro atoms. The number of carbonyl (C=O) groups excluding carboxylic acids is 1. The van der Waals surface area contributed by atoms with E-state index in [2.05, 4.69) is 15.6 Å². The zero-order valence-corrected chi connectivity index (χ0v) is 10.1. The van der Waals surface area contributed by atoms with E-state index in [1.54, 1.807) is 24.0 Å². The lowest BCUT2D eigenvalue weighted by Gasteiger charge is -2.17. The van der Waals surface area contributed by atoms with Crippen LogP contribution in [-0.2, 0) is 18.4 Å². The Labute approximate surface area is 104 Å². The van der Waals surface area contributed by atoms with Crippen molar-refractivity contribution in [2.45, 2.75) is 25.6 Å². The molecule has 0 aliphatic rings. The number of aromatic nitrogens is 2. The van der Waals surface area contributed by atoms with E-state index >= 15 is 0 Å². The topological polar surface area (TPSA) is 116 Å². The fourth-order valence-electron chi connectivity index (χ4n) is 1.31. The summed E-state index contributed by atoms with van der Waals surface area (Å²) >= 11 is 0. The molecule has 1 rings (SSSR count). The third-order valence-corrected chi connectivity index (χ3v) is 2.36. The van der Waals surface area contributed by atoms with E-state index in [0.717, 1.165) is 0 Å². The van der Waals surface area contributed by atoms with Gasteiger partial charge in [0, 0.05) is 19.4 Å². The molecule has 2 amide bonds. The first kappa shape index (κ1) is 14.0.